The van der Waals surface area contributed by atoms with Gasteiger partial charge in [-0.25, -0.2) is 0 Å². The summed E-state index contributed by atoms with van der Waals surface area (Å²) in [6, 6.07) is 2.42. The maximum atomic E-state index is 12.4. The Morgan fingerprint density at radius 3 is 2.47 bits per heavy atom. The Morgan fingerprint density at radius 1 is 1.32 bits per heavy atom. The van der Waals surface area contributed by atoms with Gasteiger partial charge in [-0.1, -0.05) is 0 Å². The van der Waals surface area contributed by atoms with Crippen LogP contribution in [0.25, 0.3) is 0 Å². The summed E-state index contributed by atoms with van der Waals surface area (Å²) in [6.45, 7) is 12.1. The largest absolute Gasteiger partial charge is 0.379 e. The van der Waals surface area contributed by atoms with Gasteiger partial charge in [-0.05, 0) is 33.8 Å². The van der Waals surface area contributed by atoms with Crippen molar-refractivity contribution >= 4 is 5.78 Å². The highest BCUT2D eigenvalue weighted by Gasteiger charge is 2.20. The van der Waals surface area contributed by atoms with Crippen LogP contribution in [0.2, 0.25) is 0 Å². The monoisotopic (exact) mass is 264 g/mol. The third kappa shape index (κ3) is 3.07. The Labute approximate surface area is 115 Å². The van der Waals surface area contributed by atoms with E-state index in [4.69, 9.17) is 4.74 Å². The van der Waals surface area contributed by atoms with Gasteiger partial charge in [0, 0.05) is 36.1 Å². The molecule has 1 fully saturated rings. The van der Waals surface area contributed by atoms with Crippen LogP contribution < -0.4 is 0 Å². The van der Waals surface area contributed by atoms with Crippen molar-refractivity contribution in [3.63, 3.8) is 0 Å². The van der Waals surface area contributed by atoms with Crippen molar-refractivity contribution in [1.29, 1.82) is 0 Å². The lowest BCUT2D eigenvalue weighted by molar-refractivity contribution is 0.0371. The molecule has 1 aliphatic heterocycles. The fourth-order valence-electron chi connectivity index (χ4n) is 2.90. The van der Waals surface area contributed by atoms with E-state index in [-0.39, 0.29) is 5.78 Å². The smallest absolute Gasteiger partial charge is 0.178 e. The van der Waals surface area contributed by atoms with Gasteiger partial charge < -0.3 is 9.30 Å². The minimum absolute atomic E-state index is 0.224. The molecule has 106 valence electrons. The summed E-state index contributed by atoms with van der Waals surface area (Å²) in [5.41, 5.74) is 3.13. The second kappa shape index (κ2) is 5.88. The van der Waals surface area contributed by atoms with Gasteiger partial charge in [0.25, 0.3) is 0 Å². The average molecular weight is 264 g/mol. The van der Waals surface area contributed by atoms with Gasteiger partial charge in [-0.2, -0.15) is 0 Å². The van der Waals surface area contributed by atoms with Crippen LogP contribution in [0.1, 0.15) is 41.6 Å². The number of ketones is 1. The molecule has 2 rings (SSSR count). The molecule has 1 saturated heterocycles. The SMILES string of the molecule is Cc1cc(C(=O)CN2CCOCC2)c(C)n1C(C)C. The van der Waals surface area contributed by atoms with E-state index < -0.39 is 0 Å². The fraction of sp³-hybridized carbons (Fsp3) is 0.667. The molecule has 0 saturated carbocycles. The maximum Gasteiger partial charge on any atom is 0.178 e. The minimum Gasteiger partial charge on any atom is -0.379 e. The Balaban J connectivity index is 2.12. The molecule has 4 heteroatoms. The first kappa shape index (κ1) is 14.3. The van der Waals surface area contributed by atoms with Crippen molar-refractivity contribution in [3.8, 4) is 0 Å². The molecule has 0 aromatic carbocycles. The van der Waals surface area contributed by atoms with Crippen LogP contribution in [-0.2, 0) is 4.74 Å². The molecular weight excluding hydrogens is 240 g/mol. The van der Waals surface area contributed by atoms with E-state index in [1.54, 1.807) is 0 Å². The molecular formula is C15H24N2O2. The summed E-state index contributed by atoms with van der Waals surface area (Å²) in [7, 11) is 0. The lowest BCUT2D eigenvalue weighted by atomic mass is 10.1. The molecule has 0 atom stereocenters. The van der Waals surface area contributed by atoms with Gasteiger partial charge in [-0.3, -0.25) is 9.69 Å². The highest BCUT2D eigenvalue weighted by Crippen LogP contribution is 2.20. The molecule has 0 amide bonds. The van der Waals surface area contributed by atoms with Crippen molar-refractivity contribution in [2.75, 3.05) is 32.8 Å². The van der Waals surface area contributed by atoms with Gasteiger partial charge in [0.2, 0.25) is 0 Å². The van der Waals surface area contributed by atoms with Crippen molar-refractivity contribution < 1.29 is 9.53 Å². The number of morpholine rings is 1. The molecule has 1 aromatic heterocycles. The first-order valence-electron chi connectivity index (χ1n) is 7.02. The van der Waals surface area contributed by atoms with Crippen LogP contribution in [0, 0.1) is 13.8 Å². The van der Waals surface area contributed by atoms with Crippen LogP contribution in [0.5, 0.6) is 0 Å². The summed E-state index contributed by atoms with van der Waals surface area (Å²) >= 11 is 0. The van der Waals surface area contributed by atoms with Crippen LogP contribution in [0.4, 0.5) is 0 Å². The molecule has 2 heterocycles. The number of nitrogens with zero attached hydrogens (tertiary/aromatic N) is 2. The summed E-state index contributed by atoms with van der Waals surface area (Å²) in [4.78, 5) is 14.6. The lowest BCUT2D eigenvalue weighted by Crippen LogP contribution is -2.39. The number of Topliss-reactive ketones (excluding diaryl/α,β-unsaturated/α-hetero) is 1. The number of hydrogen-bond acceptors (Lipinski definition) is 3. The molecule has 19 heavy (non-hydrogen) atoms. The Bertz CT molecular complexity index is 457. The number of aromatic nitrogens is 1. The summed E-state index contributed by atoms with van der Waals surface area (Å²) < 4.78 is 7.54. The van der Waals surface area contributed by atoms with E-state index in [1.807, 2.05) is 13.0 Å². The van der Waals surface area contributed by atoms with Crippen LogP contribution >= 0.6 is 0 Å². The van der Waals surface area contributed by atoms with Crippen molar-refractivity contribution in [1.82, 2.24) is 9.47 Å². The number of carbonyl (C=O) groups excluding carboxylic acids is 1. The minimum atomic E-state index is 0.224. The van der Waals surface area contributed by atoms with Crippen LogP contribution in [0.3, 0.4) is 0 Å². The van der Waals surface area contributed by atoms with Gasteiger partial charge in [0.1, 0.15) is 0 Å². The predicted molar refractivity (Wildman–Crippen MR) is 75.9 cm³/mol. The topological polar surface area (TPSA) is 34.5 Å². The number of carbonyl (C=O) groups is 1. The Morgan fingerprint density at radius 2 is 1.95 bits per heavy atom. The van der Waals surface area contributed by atoms with E-state index in [2.05, 4.69) is 30.2 Å². The quantitative estimate of drug-likeness (QED) is 0.782. The van der Waals surface area contributed by atoms with E-state index in [0.29, 0.717) is 12.6 Å². The highest BCUT2D eigenvalue weighted by molar-refractivity contribution is 5.99. The zero-order chi connectivity index (χ0) is 14.0. The molecule has 0 spiro atoms. The molecule has 0 aliphatic carbocycles. The van der Waals surface area contributed by atoms with Crippen LogP contribution in [0.15, 0.2) is 6.07 Å². The van der Waals surface area contributed by atoms with Crippen LogP contribution in [-0.4, -0.2) is 48.1 Å². The molecule has 4 nitrogen and oxygen atoms in total. The standard InChI is InChI=1S/C15H24N2O2/c1-11(2)17-12(3)9-14(13(17)4)15(18)10-16-5-7-19-8-6-16/h9,11H,5-8,10H2,1-4H3. The second-order valence-electron chi connectivity index (χ2n) is 5.56. The first-order valence-corrected chi connectivity index (χ1v) is 7.02. The molecule has 0 bridgehead atoms. The molecule has 0 unspecified atom stereocenters. The third-order valence-electron chi connectivity index (χ3n) is 3.77. The van der Waals surface area contributed by atoms with E-state index in [9.17, 15) is 4.79 Å². The highest BCUT2D eigenvalue weighted by atomic mass is 16.5. The van der Waals surface area contributed by atoms with Crippen molar-refractivity contribution in [2.45, 2.75) is 33.7 Å². The van der Waals surface area contributed by atoms with Gasteiger partial charge >= 0.3 is 0 Å². The lowest BCUT2D eigenvalue weighted by Gasteiger charge is -2.25. The van der Waals surface area contributed by atoms with Crippen molar-refractivity contribution in [2.24, 2.45) is 0 Å². The molecule has 1 aliphatic rings. The van der Waals surface area contributed by atoms with Crippen molar-refractivity contribution in [3.05, 3.63) is 23.0 Å². The average Bonchev–Trinajstić information content (AvgIpc) is 2.66. The molecule has 0 N–H and O–H groups in total. The number of ether oxygens (including phenoxy) is 1. The number of rotatable bonds is 4. The first-order chi connectivity index (χ1) is 9.00. The Kier molecular flexibility index (Phi) is 4.42. The number of aryl methyl sites for hydroxylation is 1. The molecule has 0 radical (unpaired) electrons. The van der Waals surface area contributed by atoms with E-state index >= 15 is 0 Å². The summed E-state index contributed by atoms with van der Waals surface area (Å²) in [6.07, 6.45) is 0. The van der Waals surface area contributed by atoms with Gasteiger partial charge in [-0.15, -0.1) is 0 Å². The third-order valence-corrected chi connectivity index (χ3v) is 3.77. The summed E-state index contributed by atoms with van der Waals surface area (Å²) in [5, 5.41) is 0. The number of hydrogen-bond donors (Lipinski definition) is 0. The summed E-state index contributed by atoms with van der Waals surface area (Å²) in [5.74, 6) is 0.224. The normalized spacial score (nSPS) is 17.1. The van der Waals surface area contributed by atoms with E-state index in [0.717, 1.165) is 43.3 Å². The Hall–Kier alpha value is -1.13. The molecule has 1 aromatic rings. The zero-order valence-corrected chi connectivity index (χ0v) is 12.4. The zero-order valence-electron chi connectivity index (χ0n) is 12.4. The van der Waals surface area contributed by atoms with Gasteiger partial charge in [0.15, 0.2) is 5.78 Å². The fourth-order valence-corrected chi connectivity index (χ4v) is 2.90. The predicted octanol–water partition coefficient (Wildman–Crippen LogP) is 2.20. The second-order valence-corrected chi connectivity index (χ2v) is 5.56. The van der Waals surface area contributed by atoms with Gasteiger partial charge in [0.05, 0.1) is 19.8 Å². The van der Waals surface area contributed by atoms with E-state index in [1.165, 1.54) is 0 Å². The maximum absolute atomic E-state index is 12.4.